The predicted octanol–water partition coefficient (Wildman–Crippen LogP) is 3.55. The zero-order valence-corrected chi connectivity index (χ0v) is 18.6. The van der Waals surface area contributed by atoms with Gasteiger partial charge in [-0.05, 0) is 49.4 Å². The average molecular weight is 431 g/mol. The fraction of sp³-hybridized carbons (Fsp3) is 0.435. The summed E-state index contributed by atoms with van der Waals surface area (Å²) in [5.41, 5.74) is 1.07. The van der Waals surface area contributed by atoms with E-state index >= 15 is 0 Å². The van der Waals surface area contributed by atoms with E-state index in [2.05, 4.69) is 19.2 Å². The molecule has 1 atom stereocenters. The highest BCUT2D eigenvalue weighted by Gasteiger charge is 2.30. The number of sulfonamides is 1. The number of hydrogen-bond acceptors (Lipinski definition) is 4. The summed E-state index contributed by atoms with van der Waals surface area (Å²) in [5, 5.41) is 3.01. The molecule has 7 heteroatoms. The number of rotatable bonds is 7. The number of nitrogens with one attached hydrogen (secondary N) is 1. The molecule has 1 heterocycles. The summed E-state index contributed by atoms with van der Waals surface area (Å²) < 4.78 is 32.9. The number of piperidine rings is 1. The van der Waals surface area contributed by atoms with Crippen molar-refractivity contribution in [1.82, 2.24) is 9.62 Å². The van der Waals surface area contributed by atoms with Gasteiger partial charge in [0.25, 0.3) is 5.91 Å². The standard InChI is InChI=1S/C23H30N2O4S/c1-17(2)21-11-7-8-12-22(21)29-18(3)23(26)24-19-13-15-25(16-14-19)30(27,28)20-9-5-4-6-10-20/h4-12,17-19H,13-16H2,1-3H3,(H,24,26). The van der Waals surface area contributed by atoms with Crippen LogP contribution in [-0.4, -0.2) is 43.9 Å². The Bertz CT molecular complexity index is 952. The Labute approximate surface area is 179 Å². The minimum atomic E-state index is -3.49. The van der Waals surface area contributed by atoms with Crippen LogP contribution in [0.2, 0.25) is 0 Å². The number of nitrogens with zero attached hydrogens (tertiary/aromatic N) is 1. The van der Waals surface area contributed by atoms with E-state index in [0.717, 1.165) is 11.3 Å². The number of benzene rings is 2. The van der Waals surface area contributed by atoms with Crippen molar-refractivity contribution in [1.29, 1.82) is 0 Å². The Balaban J connectivity index is 1.54. The van der Waals surface area contributed by atoms with E-state index < -0.39 is 16.1 Å². The topological polar surface area (TPSA) is 75.7 Å². The fourth-order valence-corrected chi connectivity index (χ4v) is 5.10. The van der Waals surface area contributed by atoms with E-state index in [1.807, 2.05) is 24.3 Å². The molecule has 1 unspecified atom stereocenters. The molecule has 0 bridgehead atoms. The number of amides is 1. The van der Waals surface area contributed by atoms with Crippen molar-refractivity contribution in [2.75, 3.05) is 13.1 Å². The number of carbonyl (C=O) groups excluding carboxylic acids is 1. The molecule has 1 aliphatic heterocycles. The number of ether oxygens (including phenoxy) is 1. The van der Waals surface area contributed by atoms with Gasteiger partial charge in [-0.25, -0.2) is 8.42 Å². The molecule has 1 N–H and O–H groups in total. The highest BCUT2D eigenvalue weighted by molar-refractivity contribution is 7.89. The van der Waals surface area contributed by atoms with E-state index in [-0.39, 0.29) is 11.9 Å². The van der Waals surface area contributed by atoms with Gasteiger partial charge in [-0.2, -0.15) is 4.31 Å². The monoisotopic (exact) mass is 430 g/mol. The normalized spacial score (nSPS) is 16.9. The van der Waals surface area contributed by atoms with Crippen molar-refractivity contribution < 1.29 is 17.9 Å². The van der Waals surface area contributed by atoms with Crippen LogP contribution in [0, 0.1) is 0 Å². The van der Waals surface area contributed by atoms with Crippen LogP contribution in [0.25, 0.3) is 0 Å². The molecular formula is C23H30N2O4S. The second kappa shape index (κ2) is 9.62. The molecule has 0 aromatic heterocycles. The van der Waals surface area contributed by atoms with Crippen LogP contribution >= 0.6 is 0 Å². The third kappa shape index (κ3) is 5.21. The van der Waals surface area contributed by atoms with Gasteiger partial charge >= 0.3 is 0 Å². The van der Waals surface area contributed by atoms with Gasteiger partial charge in [-0.3, -0.25) is 4.79 Å². The third-order valence-electron chi connectivity index (χ3n) is 5.40. The van der Waals surface area contributed by atoms with Gasteiger partial charge in [-0.15, -0.1) is 0 Å². The van der Waals surface area contributed by atoms with Crippen molar-refractivity contribution in [3.05, 3.63) is 60.2 Å². The largest absolute Gasteiger partial charge is 0.481 e. The maximum absolute atomic E-state index is 12.7. The number of hydrogen-bond donors (Lipinski definition) is 1. The molecule has 0 saturated carbocycles. The van der Waals surface area contributed by atoms with E-state index in [1.54, 1.807) is 37.3 Å². The number of carbonyl (C=O) groups is 1. The van der Waals surface area contributed by atoms with Crippen LogP contribution in [0.15, 0.2) is 59.5 Å². The minimum absolute atomic E-state index is 0.0638. The Morgan fingerprint density at radius 2 is 1.60 bits per heavy atom. The Hall–Kier alpha value is -2.38. The van der Waals surface area contributed by atoms with Crippen molar-refractivity contribution in [3.63, 3.8) is 0 Å². The molecule has 0 radical (unpaired) electrons. The number of para-hydroxylation sites is 1. The van der Waals surface area contributed by atoms with Gasteiger partial charge < -0.3 is 10.1 Å². The van der Waals surface area contributed by atoms with Crippen LogP contribution in [-0.2, 0) is 14.8 Å². The highest BCUT2D eigenvalue weighted by Crippen LogP contribution is 2.27. The van der Waals surface area contributed by atoms with Crippen molar-refractivity contribution in [2.45, 2.75) is 56.6 Å². The van der Waals surface area contributed by atoms with Crippen molar-refractivity contribution >= 4 is 15.9 Å². The van der Waals surface area contributed by atoms with E-state index in [1.165, 1.54) is 4.31 Å². The van der Waals surface area contributed by atoms with Crippen molar-refractivity contribution in [3.8, 4) is 5.75 Å². The average Bonchev–Trinajstić information content (AvgIpc) is 2.75. The van der Waals surface area contributed by atoms with Gasteiger partial charge in [0.05, 0.1) is 4.90 Å². The zero-order chi connectivity index (χ0) is 21.7. The quantitative estimate of drug-likeness (QED) is 0.729. The van der Waals surface area contributed by atoms with E-state index in [0.29, 0.717) is 36.7 Å². The lowest BCUT2D eigenvalue weighted by molar-refractivity contribution is -0.128. The van der Waals surface area contributed by atoms with Crippen molar-refractivity contribution in [2.24, 2.45) is 0 Å². The van der Waals surface area contributed by atoms with Crippen LogP contribution in [0.4, 0.5) is 0 Å². The van der Waals surface area contributed by atoms with Gasteiger partial charge in [-0.1, -0.05) is 50.2 Å². The first-order chi connectivity index (χ1) is 14.3. The molecule has 0 aliphatic carbocycles. The van der Waals surface area contributed by atoms with Crippen LogP contribution in [0.1, 0.15) is 45.1 Å². The second-order valence-electron chi connectivity index (χ2n) is 7.95. The molecule has 1 saturated heterocycles. The highest BCUT2D eigenvalue weighted by atomic mass is 32.2. The van der Waals surface area contributed by atoms with Gasteiger partial charge in [0.2, 0.25) is 10.0 Å². The fourth-order valence-electron chi connectivity index (χ4n) is 3.61. The van der Waals surface area contributed by atoms with Crippen LogP contribution in [0.3, 0.4) is 0 Å². The molecule has 3 rings (SSSR count). The lowest BCUT2D eigenvalue weighted by Gasteiger charge is -2.32. The van der Waals surface area contributed by atoms with Gasteiger partial charge in [0.15, 0.2) is 6.10 Å². The first kappa shape index (κ1) is 22.3. The second-order valence-corrected chi connectivity index (χ2v) is 9.89. The Morgan fingerprint density at radius 3 is 2.23 bits per heavy atom. The maximum Gasteiger partial charge on any atom is 0.260 e. The Kier molecular flexibility index (Phi) is 7.15. The summed E-state index contributed by atoms with van der Waals surface area (Å²) >= 11 is 0. The lowest BCUT2D eigenvalue weighted by Crippen LogP contribution is -2.49. The van der Waals surface area contributed by atoms with Gasteiger partial charge in [0, 0.05) is 19.1 Å². The Morgan fingerprint density at radius 1 is 1.00 bits per heavy atom. The maximum atomic E-state index is 12.7. The molecule has 1 amide bonds. The summed E-state index contributed by atoms with van der Waals surface area (Å²) in [5.74, 6) is 0.837. The van der Waals surface area contributed by atoms with Gasteiger partial charge in [0.1, 0.15) is 5.75 Å². The SMILES string of the molecule is CC(Oc1ccccc1C(C)C)C(=O)NC1CCN(S(=O)(=O)c2ccccc2)CC1. The summed E-state index contributed by atoms with van der Waals surface area (Å²) in [6, 6.07) is 16.1. The van der Waals surface area contributed by atoms with E-state index in [4.69, 9.17) is 4.74 Å². The minimum Gasteiger partial charge on any atom is -0.481 e. The van der Waals surface area contributed by atoms with Crippen LogP contribution in [0.5, 0.6) is 5.75 Å². The summed E-state index contributed by atoms with van der Waals surface area (Å²) in [6.45, 7) is 6.68. The molecule has 162 valence electrons. The first-order valence-corrected chi connectivity index (χ1v) is 11.8. The molecule has 1 fully saturated rings. The summed E-state index contributed by atoms with van der Waals surface area (Å²) in [4.78, 5) is 12.9. The molecule has 0 spiro atoms. The molecule has 30 heavy (non-hydrogen) atoms. The first-order valence-electron chi connectivity index (χ1n) is 10.4. The molecule has 1 aliphatic rings. The third-order valence-corrected chi connectivity index (χ3v) is 7.31. The van der Waals surface area contributed by atoms with E-state index in [9.17, 15) is 13.2 Å². The zero-order valence-electron chi connectivity index (χ0n) is 17.7. The summed E-state index contributed by atoms with van der Waals surface area (Å²) in [6.07, 6.45) is 0.524. The predicted molar refractivity (Wildman–Crippen MR) is 117 cm³/mol. The molecule has 2 aromatic rings. The molecule has 6 nitrogen and oxygen atoms in total. The lowest BCUT2D eigenvalue weighted by atomic mass is 10.0. The molecular weight excluding hydrogens is 400 g/mol. The van der Waals surface area contributed by atoms with Crippen LogP contribution < -0.4 is 10.1 Å². The molecule has 2 aromatic carbocycles. The summed E-state index contributed by atoms with van der Waals surface area (Å²) in [7, 11) is -3.49. The smallest absolute Gasteiger partial charge is 0.260 e.